The molecule has 4 amide bonds. The molecule has 33 heteroatoms. The maximum atomic E-state index is 14.7. The zero-order valence-electron chi connectivity index (χ0n) is 66.4. The van der Waals surface area contributed by atoms with Crippen molar-refractivity contribution >= 4 is 183 Å². The van der Waals surface area contributed by atoms with E-state index in [1.54, 1.807) is 21.9 Å². The second-order valence-corrected chi connectivity index (χ2v) is 30.8. The lowest BCUT2D eigenvalue weighted by Gasteiger charge is -2.23. The molecule has 0 fully saturated rings. The monoisotopic (exact) mass is 1730 g/mol. The summed E-state index contributed by atoms with van der Waals surface area (Å²) in [6.07, 6.45) is 22.2. The minimum Gasteiger partial charge on any atom is -0.369 e. The maximum Gasteiger partial charge on any atom is 0.243 e. The number of amides is 4. The van der Waals surface area contributed by atoms with Gasteiger partial charge in [-0.1, -0.05) is 64.7 Å². The van der Waals surface area contributed by atoms with E-state index in [1.807, 2.05) is 29.6 Å². The molecule has 0 saturated heterocycles. The number of hydrogen-bond donors (Lipinski definition) is 8. The Morgan fingerprint density at radius 3 is 1.10 bits per heavy atom. The highest BCUT2D eigenvalue weighted by molar-refractivity contribution is 6.20. The van der Waals surface area contributed by atoms with Crippen molar-refractivity contribution in [3.05, 3.63) is 95.3 Å². The summed E-state index contributed by atoms with van der Waals surface area (Å²) >= 11 is 47.4. The Labute approximate surface area is 705 Å². The van der Waals surface area contributed by atoms with Crippen molar-refractivity contribution in [1.29, 1.82) is 0 Å². The largest absolute Gasteiger partial charge is 0.369 e. The summed E-state index contributed by atoms with van der Waals surface area (Å²) in [4.78, 5) is 71.6. The first-order chi connectivity index (χ1) is 54.8. The summed E-state index contributed by atoms with van der Waals surface area (Å²) in [5.74, 6) is 6.70. The molecule has 0 aliphatic carbocycles. The van der Waals surface area contributed by atoms with E-state index in [4.69, 9.17) is 129 Å². The van der Waals surface area contributed by atoms with Crippen molar-refractivity contribution in [3.8, 4) is 0 Å². The molecule has 4 aromatic carbocycles. The van der Waals surface area contributed by atoms with Crippen LogP contribution in [-0.2, 0) is 72.5 Å². The van der Waals surface area contributed by atoms with Gasteiger partial charge in [-0.15, -0.1) is 92.8 Å². The molecule has 630 valence electrons. The number of carbonyl (C=O) groups is 4. The molecule has 113 heavy (non-hydrogen) atoms. The lowest BCUT2D eigenvalue weighted by molar-refractivity contribution is -0.130. The number of aromatic nitrogens is 8. The van der Waals surface area contributed by atoms with Gasteiger partial charge in [-0.3, -0.25) is 40.0 Å². The molecule has 8 aromatic rings. The fraction of sp³-hybridized carbons (Fsp3) is 0.600. The van der Waals surface area contributed by atoms with Gasteiger partial charge in [-0.2, -0.15) is 0 Å². The predicted molar refractivity (Wildman–Crippen MR) is 463 cm³/mol. The fourth-order valence-electron chi connectivity index (χ4n) is 13.6. The number of nitrogens with zero attached hydrogens (tertiary/aromatic N) is 12. The van der Waals surface area contributed by atoms with Gasteiger partial charge in [0, 0.05) is 201 Å². The number of carbonyl (C=O) groups excluding carboxylic acids is 4. The number of fused-ring (bicyclic) bond motifs is 4. The van der Waals surface area contributed by atoms with Gasteiger partial charge in [0.2, 0.25) is 23.6 Å². The Hall–Kier alpha value is -6.07. The third-order valence-electron chi connectivity index (χ3n) is 19.7. The Morgan fingerprint density at radius 2 is 0.690 bits per heavy atom. The standard InChI is InChI=1S/C22H34Cl2N4O2.C20H30Cl2N4O2.C19H27Cl2FN4O2.C19H28Cl2N4O2/c1-2-14-28-20-11-10-18(27(15-12-23)16-13-24)17-19(20)25-21(28)8-6-4-3-5-7-9-22(29)26-30;1-15-13-16(26(11-9-21)12-10-22)14-17-20(15)23-18(25(17)2)7-5-3-4-6-8-19(27)24-28;1-25-16-13-14(26(10-8-20)11-9-21)12-15(22)19(16)23-17(25)6-4-2-3-5-7-18(27)24-28;1-24-17-14-15(25(12-10-20)13-11-21)8-9-16(17)22-18(24)6-4-2-3-5-7-19(26)23-27/h10-11,17,30H,2-9,12-16H2,1H3,(H,26,29);13-14,28H,3-12H2,1-2H3,(H,24,27);12-13,28H,2-11H2,1H3,(H,24,27);8-9,14,27H,2-7,10-13H2,1H3,(H,23,26). The maximum absolute atomic E-state index is 14.7. The Morgan fingerprint density at radius 1 is 0.372 bits per heavy atom. The highest BCUT2D eigenvalue weighted by atomic mass is 35.5. The van der Waals surface area contributed by atoms with Crippen LogP contribution >= 0.6 is 92.8 Å². The molecule has 0 aliphatic rings. The predicted octanol–water partition coefficient (Wildman–Crippen LogP) is 17.1. The first kappa shape index (κ1) is 97.5. The van der Waals surface area contributed by atoms with Crippen LogP contribution in [0, 0.1) is 12.7 Å². The Kier molecular flexibility index (Phi) is 47.9. The van der Waals surface area contributed by atoms with E-state index in [1.165, 1.54) is 11.6 Å². The number of benzene rings is 4. The zero-order valence-corrected chi connectivity index (χ0v) is 72.4. The number of nitrogens with one attached hydrogen (secondary N) is 4. The van der Waals surface area contributed by atoms with Crippen LogP contribution in [0.25, 0.3) is 44.1 Å². The van der Waals surface area contributed by atoms with Crippen molar-refractivity contribution in [2.75, 3.05) is 119 Å². The van der Waals surface area contributed by atoms with Crippen molar-refractivity contribution in [1.82, 2.24) is 60.1 Å². The molecule has 4 heterocycles. The van der Waals surface area contributed by atoms with Gasteiger partial charge in [0.1, 0.15) is 28.8 Å². The van der Waals surface area contributed by atoms with Gasteiger partial charge in [0.25, 0.3) is 0 Å². The van der Waals surface area contributed by atoms with Crippen LogP contribution in [0.2, 0.25) is 0 Å². The number of alkyl halides is 8. The van der Waals surface area contributed by atoms with E-state index < -0.39 is 0 Å². The first-order valence-corrected chi connectivity index (χ1v) is 43.8. The fourth-order valence-corrected chi connectivity index (χ4v) is 15.3. The van der Waals surface area contributed by atoms with Crippen LogP contribution in [0.4, 0.5) is 27.1 Å². The number of hydrogen-bond acceptors (Lipinski definition) is 16. The average molecular weight is 1740 g/mol. The van der Waals surface area contributed by atoms with Crippen LogP contribution in [0.1, 0.15) is 177 Å². The summed E-state index contributed by atoms with van der Waals surface area (Å²) < 4.78 is 23.3. The van der Waals surface area contributed by atoms with Crippen LogP contribution in [0.3, 0.4) is 0 Å². The van der Waals surface area contributed by atoms with E-state index in [2.05, 4.69) is 103 Å². The average Bonchev–Trinajstić information content (AvgIpc) is 1.68. The summed E-state index contributed by atoms with van der Waals surface area (Å²) in [6.45, 7) is 11.0. The number of rotatable bonds is 51. The van der Waals surface area contributed by atoms with Gasteiger partial charge >= 0.3 is 0 Å². The number of hydroxylamine groups is 4. The van der Waals surface area contributed by atoms with Crippen molar-refractivity contribution < 1.29 is 44.4 Å². The van der Waals surface area contributed by atoms with E-state index >= 15 is 0 Å². The van der Waals surface area contributed by atoms with Crippen molar-refractivity contribution in [2.45, 2.75) is 187 Å². The number of anilines is 4. The third-order valence-corrected chi connectivity index (χ3v) is 21.1. The highest BCUT2D eigenvalue weighted by Gasteiger charge is 2.20. The smallest absolute Gasteiger partial charge is 0.243 e. The van der Waals surface area contributed by atoms with E-state index in [-0.39, 0.29) is 29.4 Å². The topological polar surface area (TPSA) is 282 Å². The molecular weight excluding hydrogens is 1620 g/mol. The second-order valence-electron chi connectivity index (χ2n) is 27.8. The van der Waals surface area contributed by atoms with Gasteiger partial charge in [-0.25, -0.2) is 46.2 Å². The summed E-state index contributed by atoms with van der Waals surface area (Å²) in [6, 6.07) is 20.5. The van der Waals surface area contributed by atoms with Crippen LogP contribution < -0.4 is 41.5 Å². The molecule has 0 radical (unpaired) electrons. The van der Waals surface area contributed by atoms with E-state index in [9.17, 15) is 23.6 Å². The summed E-state index contributed by atoms with van der Waals surface area (Å²) in [5.41, 5.74) is 19.5. The molecule has 0 aliphatic heterocycles. The number of aryl methyl sites for hydroxylation is 9. The number of unbranched alkanes of at least 4 members (excludes halogenated alkanes) is 13. The zero-order chi connectivity index (χ0) is 82.5. The van der Waals surface area contributed by atoms with E-state index in [0.29, 0.717) is 91.3 Å². The lowest BCUT2D eigenvalue weighted by Crippen LogP contribution is -2.27. The second kappa shape index (κ2) is 55.5. The van der Waals surface area contributed by atoms with Gasteiger partial charge < -0.3 is 37.9 Å². The molecule has 24 nitrogen and oxygen atoms in total. The molecule has 0 unspecified atom stereocenters. The normalized spacial score (nSPS) is 11.2. The van der Waals surface area contributed by atoms with Gasteiger partial charge in [-0.05, 0) is 131 Å². The molecule has 0 spiro atoms. The van der Waals surface area contributed by atoms with Crippen LogP contribution in [0.15, 0.2) is 60.7 Å². The minimum atomic E-state index is -0.362. The summed E-state index contributed by atoms with van der Waals surface area (Å²) in [7, 11) is 6.01. The minimum absolute atomic E-state index is 0.307. The molecule has 4 aromatic heterocycles. The molecule has 0 saturated carbocycles. The van der Waals surface area contributed by atoms with E-state index in [0.717, 1.165) is 272 Å². The Bertz CT molecular complexity index is 3960. The quantitative estimate of drug-likeness (QED) is 0.00761. The molecule has 0 bridgehead atoms. The molecule has 0 atom stereocenters. The third kappa shape index (κ3) is 32.4. The number of halogens is 9. The SMILES string of the molecule is CCCn1c(CCCCCCCC(=O)NO)nc2cc(N(CCCl)CCCl)ccc21.Cc1cc(N(CCCl)CCCl)cc2c1nc(CCCCCCC(=O)NO)n2C.Cn1c(CCCCCCC(=O)NO)nc2c(F)cc(N(CCCl)CCCl)cc21.Cn1c(CCCCCCC(=O)NO)nc2ccc(N(CCCl)CCCl)cc21. The van der Waals surface area contributed by atoms with Gasteiger partial charge in [0.15, 0.2) is 5.82 Å². The van der Waals surface area contributed by atoms with Crippen molar-refractivity contribution in [2.24, 2.45) is 21.1 Å². The summed E-state index contributed by atoms with van der Waals surface area (Å²) in [5, 5.41) is 33.9. The van der Waals surface area contributed by atoms with Gasteiger partial charge in [0.05, 0.1) is 38.6 Å². The Balaban J connectivity index is 0.000000269. The first-order valence-electron chi connectivity index (χ1n) is 39.5. The molecule has 8 rings (SSSR count). The van der Waals surface area contributed by atoms with Crippen LogP contribution in [0.5, 0.6) is 0 Å². The lowest BCUT2D eigenvalue weighted by atomic mass is 10.1. The molecular formula is C80H119Cl8FN16O8. The van der Waals surface area contributed by atoms with Crippen molar-refractivity contribution in [3.63, 3.8) is 0 Å². The van der Waals surface area contributed by atoms with Crippen LogP contribution in [-0.4, -0.2) is 182 Å². The number of imidazole rings is 4. The molecule has 8 N–H and O–H groups in total. The highest BCUT2D eigenvalue weighted by Crippen LogP contribution is 2.31.